The number of amides is 1. The second kappa shape index (κ2) is 10.7. The van der Waals surface area contributed by atoms with Crippen LogP contribution in [0.25, 0.3) is 0 Å². The van der Waals surface area contributed by atoms with Crippen LogP contribution >= 0.6 is 0 Å². The van der Waals surface area contributed by atoms with Gasteiger partial charge in [-0.3, -0.25) is 4.79 Å². The molecule has 0 radical (unpaired) electrons. The van der Waals surface area contributed by atoms with E-state index in [1.807, 2.05) is 61.2 Å². The van der Waals surface area contributed by atoms with Gasteiger partial charge in [-0.2, -0.15) is 0 Å². The lowest BCUT2D eigenvalue weighted by Gasteiger charge is -2.38. The van der Waals surface area contributed by atoms with Gasteiger partial charge in [0.05, 0.1) is 39.9 Å². The zero-order valence-electron chi connectivity index (χ0n) is 21.1. The Kier molecular flexibility index (Phi) is 7.49. The van der Waals surface area contributed by atoms with E-state index in [0.29, 0.717) is 36.2 Å². The molecule has 0 saturated heterocycles. The fourth-order valence-electron chi connectivity index (χ4n) is 4.63. The van der Waals surface area contributed by atoms with E-state index in [4.69, 9.17) is 18.9 Å². The number of fused-ring (bicyclic) bond motifs is 1. The first kappa shape index (κ1) is 24.5. The van der Waals surface area contributed by atoms with Crippen LogP contribution in [0.4, 0.5) is 5.69 Å². The van der Waals surface area contributed by atoms with Gasteiger partial charge in [0.25, 0.3) is 0 Å². The van der Waals surface area contributed by atoms with Gasteiger partial charge in [0, 0.05) is 5.69 Å². The molecule has 1 aliphatic heterocycles. The van der Waals surface area contributed by atoms with Crippen molar-refractivity contribution < 1.29 is 23.7 Å². The highest BCUT2D eigenvalue weighted by molar-refractivity contribution is 5.98. The average Bonchev–Trinajstić information content (AvgIpc) is 2.88. The Morgan fingerprint density at radius 3 is 2.06 bits per heavy atom. The first-order valence-electron chi connectivity index (χ1n) is 12.1. The van der Waals surface area contributed by atoms with Crippen LogP contribution < -0.4 is 23.8 Å². The molecule has 3 aromatic rings. The molecule has 0 unspecified atom stereocenters. The Balaban J connectivity index is 1.93. The molecule has 0 aromatic heterocycles. The molecule has 0 spiro atoms. The molecule has 35 heavy (non-hydrogen) atoms. The molecule has 0 bridgehead atoms. The third kappa shape index (κ3) is 4.78. The summed E-state index contributed by atoms with van der Waals surface area (Å²) < 4.78 is 22.8. The third-order valence-electron chi connectivity index (χ3n) is 6.31. The van der Waals surface area contributed by atoms with E-state index in [1.54, 1.807) is 14.2 Å². The van der Waals surface area contributed by atoms with E-state index in [-0.39, 0.29) is 18.4 Å². The number of carbonyl (C=O) groups excluding carboxylic acids is 1. The van der Waals surface area contributed by atoms with Gasteiger partial charge in [-0.15, -0.1) is 0 Å². The molecular formula is C29H33NO5. The second-order valence-electron chi connectivity index (χ2n) is 8.34. The van der Waals surface area contributed by atoms with Crippen molar-refractivity contribution in [2.24, 2.45) is 0 Å². The number of hydrogen-bond donors (Lipinski definition) is 0. The van der Waals surface area contributed by atoms with Gasteiger partial charge in [-0.05, 0) is 78.9 Å². The minimum Gasteiger partial charge on any atom is -0.493 e. The number of benzene rings is 3. The number of aryl methyl sites for hydroxylation is 1. The number of hydrogen-bond acceptors (Lipinski definition) is 5. The van der Waals surface area contributed by atoms with Gasteiger partial charge < -0.3 is 23.8 Å². The highest BCUT2D eigenvalue weighted by Crippen LogP contribution is 2.45. The van der Waals surface area contributed by atoms with Crippen LogP contribution in [0.5, 0.6) is 23.0 Å². The van der Waals surface area contributed by atoms with E-state index in [2.05, 4.69) is 19.1 Å². The molecule has 0 saturated carbocycles. The largest absolute Gasteiger partial charge is 0.493 e. The van der Waals surface area contributed by atoms with E-state index in [0.717, 1.165) is 28.8 Å². The molecule has 6 nitrogen and oxygen atoms in total. The van der Waals surface area contributed by atoms with Gasteiger partial charge in [0.2, 0.25) is 5.91 Å². The monoisotopic (exact) mass is 475 g/mol. The van der Waals surface area contributed by atoms with Crippen molar-refractivity contribution in [3.8, 4) is 23.0 Å². The maximum absolute atomic E-state index is 13.7. The number of rotatable bonds is 9. The number of anilines is 1. The summed E-state index contributed by atoms with van der Waals surface area (Å²) in [4.78, 5) is 15.5. The fourth-order valence-corrected chi connectivity index (χ4v) is 4.63. The molecule has 0 N–H and O–H groups in total. The van der Waals surface area contributed by atoms with Crippen molar-refractivity contribution >= 4 is 11.6 Å². The zero-order chi connectivity index (χ0) is 24.9. The molecule has 184 valence electrons. The van der Waals surface area contributed by atoms with Crippen LogP contribution in [0.15, 0.2) is 54.6 Å². The summed E-state index contributed by atoms with van der Waals surface area (Å²) in [7, 11) is 3.23. The first-order chi connectivity index (χ1) is 17.0. The minimum absolute atomic E-state index is 0.0214. The van der Waals surface area contributed by atoms with Crippen LogP contribution in [0.3, 0.4) is 0 Å². The van der Waals surface area contributed by atoms with Gasteiger partial charge in [-0.25, -0.2) is 0 Å². The smallest absolute Gasteiger partial charge is 0.232 e. The number of carbonyl (C=O) groups is 1. The maximum Gasteiger partial charge on any atom is 0.232 e. The van der Waals surface area contributed by atoms with Crippen LogP contribution in [0.1, 0.15) is 49.1 Å². The highest BCUT2D eigenvalue weighted by atomic mass is 16.5. The summed E-state index contributed by atoms with van der Waals surface area (Å²) in [5.41, 5.74) is 4.93. The minimum atomic E-state index is -0.367. The predicted molar refractivity (Wildman–Crippen MR) is 137 cm³/mol. The SMILES string of the molecule is CCOc1cc2c(cc1OCC)[C@@H](c1ccc(OC)c(OC)c1)N(c1ccc(CC)cc1)C(=O)C2. The third-order valence-corrected chi connectivity index (χ3v) is 6.31. The van der Waals surface area contributed by atoms with Crippen LogP contribution in [-0.4, -0.2) is 33.3 Å². The summed E-state index contributed by atoms with van der Waals surface area (Å²) in [6, 6.07) is 17.6. The zero-order valence-corrected chi connectivity index (χ0v) is 21.1. The first-order valence-corrected chi connectivity index (χ1v) is 12.1. The molecular weight excluding hydrogens is 442 g/mol. The van der Waals surface area contributed by atoms with Gasteiger partial charge in [0.1, 0.15) is 0 Å². The lowest BCUT2D eigenvalue weighted by Crippen LogP contribution is -2.41. The van der Waals surface area contributed by atoms with E-state index in [9.17, 15) is 4.79 Å². The van der Waals surface area contributed by atoms with E-state index < -0.39 is 0 Å². The van der Waals surface area contributed by atoms with Crippen molar-refractivity contribution in [2.75, 3.05) is 32.3 Å². The summed E-state index contributed by atoms with van der Waals surface area (Å²) >= 11 is 0. The molecule has 1 heterocycles. The van der Waals surface area contributed by atoms with Crippen molar-refractivity contribution in [3.63, 3.8) is 0 Å². The number of methoxy groups -OCH3 is 2. The topological polar surface area (TPSA) is 57.2 Å². The number of nitrogens with zero attached hydrogens (tertiary/aromatic N) is 1. The predicted octanol–water partition coefficient (Wildman–Crippen LogP) is 5.74. The molecule has 0 aliphatic carbocycles. The molecule has 1 atom stereocenters. The van der Waals surface area contributed by atoms with Gasteiger partial charge in [0.15, 0.2) is 23.0 Å². The van der Waals surface area contributed by atoms with E-state index in [1.165, 1.54) is 5.56 Å². The van der Waals surface area contributed by atoms with Crippen molar-refractivity contribution in [2.45, 2.75) is 39.7 Å². The van der Waals surface area contributed by atoms with Crippen molar-refractivity contribution in [3.05, 3.63) is 76.9 Å². The second-order valence-corrected chi connectivity index (χ2v) is 8.34. The quantitative estimate of drug-likeness (QED) is 0.395. The summed E-state index contributed by atoms with van der Waals surface area (Å²) in [5.74, 6) is 2.61. The summed E-state index contributed by atoms with van der Waals surface area (Å²) in [5, 5.41) is 0. The lowest BCUT2D eigenvalue weighted by molar-refractivity contribution is -0.118. The maximum atomic E-state index is 13.7. The Morgan fingerprint density at radius 2 is 1.46 bits per heavy atom. The molecule has 0 fully saturated rings. The van der Waals surface area contributed by atoms with Crippen LogP contribution in [0, 0.1) is 0 Å². The summed E-state index contributed by atoms with van der Waals surface area (Å²) in [6.45, 7) is 7.04. The summed E-state index contributed by atoms with van der Waals surface area (Å²) in [6.07, 6.45) is 1.22. The number of ether oxygens (including phenoxy) is 4. The van der Waals surface area contributed by atoms with Gasteiger partial charge >= 0.3 is 0 Å². The molecule has 6 heteroatoms. The Morgan fingerprint density at radius 1 is 0.800 bits per heavy atom. The molecule has 3 aromatic carbocycles. The standard InChI is InChI=1S/C29H33NO5/c1-6-19-9-12-22(13-10-19)30-28(31)17-21-16-26(34-7-2)27(35-8-3)18-23(21)29(30)20-11-14-24(32-4)25(15-20)33-5/h9-16,18,29H,6-8,17H2,1-5H3/t29-/m1/s1. The molecule has 4 rings (SSSR count). The van der Waals surface area contributed by atoms with Crippen molar-refractivity contribution in [1.82, 2.24) is 0 Å². The van der Waals surface area contributed by atoms with Gasteiger partial charge in [-0.1, -0.05) is 25.1 Å². The van der Waals surface area contributed by atoms with Crippen molar-refractivity contribution in [1.29, 1.82) is 0 Å². The Bertz CT molecular complexity index is 1190. The normalized spacial score (nSPS) is 14.9. The fraction of sp³-hybridized carbons (Fsp3) is 0.345. The Hall–Kier alpha value is -3.67. The van der Waals surface area contributed by atoms with E-state index >= 15 is 0 Å². The average molecular weight is 476 g/mol. The lowest BCUT2D eigenvalue weighted by atomic mass is 9.86. The van der Waals surface area contributed by atoms with Crippen LogP contribution in [-0.2, 0) is 17.6 Å². The highest BCUT2D eigenvalue weighted by Gasteiger charge is 2.36. The van der Waals surface area contributed by atoms with Crippen LogP contribution in [0.2, 0.25) is 0 Å². The Labute approximate surface area is 207 Å². The molecule has 1 aliphatic rings. The molecule has 1 amide bonds.